The van der Waals surface area contributed by atoms with E-state index < -0.39 is 58.0 Å². The second-order valence-corrected chi connectivity index (χ2v) is 10.5. The number of likely N-dealkylation sites (N-methyl/N-ethyl adjacent to an activating group) is 1. The molecule has 0 bridgehead atoms. The number of methoxy groups -OCH3 is 2. The lowest BCUT2D eigenvalue weighted by molar-refractivity contribution is -0.148. The second kappa shape index (κ2) is 9.39. The first-order valence-electron chi connectivity index (χ1n) is 12.6. The van der Waals surface area contributed by atoms with Crippen LogP contribution in [-0.4, -0.2) is 82.8 Å². The van der Waals surface area contributed by atoms with E-state index in [4.69, 9.17) is 15.2 Å². The molecule has 0 spiro atoms. The fourth-order valence-corrected chi connectivity index (χ4v) is 6.53. The number of Topliss-reactive ketones (excluding diaryl/α,β-unsaturated/α-hetero) is 2. The van der Waals surface area contributed by atoms with Crippen molar-refractivity contribution < 1.29 is 44.3 Å². The molecule has 3 aliphatic carbocycles. The number of primary amides is 1. The Kier molecular flexibility index (Phi) is 6.39. The minimum Gasteiger partial charge on any atom is -0.510 e. The molecule has 0 saturated heterocycles. The second-order valence-electron chi connectivity index (χ2n) is 10.5. The first kappa shape index (κ1) is 27.2. The van der Waals surface area contributed by atoms with Gasteiger partial charge in [0, 0.05) is 17.1 Å². The summed E-state index contributed by atoms with van der Waals surface area (Å²) in [6.45, 7) is 0. The number of nitrogens with zero attached hydrogens (tertiary/aromatic N) is 1. The standard InChI is InChI=1S/C29H30N2O9/c1-31(2)23-17-10-12-9-16-14(15-11-13(39-3)5-8-19(15)40-4)6-7-18(32)21(16)24(33)20(12)26(35)29(17,38)27(36)22(25(23)34)28(30)37/h5-8,11-12,17,23,32,34-35,38H,9-10H2,1-4H3,(H2,30,37)/t12-,17-,23+,29-/m0/s1. The van der Waals surface area contributed by atoms with Crippen LogP contribution >= 0.6 is 0 Å². The molecular formula is C29H30N2O9. The highest BCUT2D eigenvalue weighted by Crippen LogP contribution is 2.53. The summed E-state index contributed by atoms with van der Waals surface area (Å²) in [5.41, 5.74) is 3.24. The Balaban J connectivity index is 1.74. The molecule has 0 aromatic heterocycles. The molecule has 40 heavy (non-hydrogen) atoms. The predicted octanol–water partition coefficient (Wildman–Crippen LogP) is 1.80. The van der Waals surface area contributed by atoms with Crippen molar-refractivity contribution in [1.29, 1.82) is 0 Å². The summed E-state index contributed by atoms with van der Waals surface area (Å²) in [6.07, 6.45) is 0.148. The van der Waals surface area contributed by atoms with Gasteiger partial charge in [0.2, 0.25) is 5.78 Å². The van der Waals surface area contributed by atoms with Gasteiger partial charge in [0.15, 0.2) is 11.4 Å². The predicted molar refractivity (Wildman–Crippen MR) is 142 cm³/mol. The van der Waals surface area contributed by atoms with E-state index in [-0.39, 0.29) is 29.7 Å². The Morgan fingerprint density at radius 1 is 1.05 bits per heavy atom. The molecule has 0 aliphatic heterocycles. The molecule has 4 atom stereocenters. The number of phenolic OH excluding ortho intramolecular Hbond substituents is 1. The molecule has 5 rings (SSSR count). The number of fused-ring (bicyclic) bond motifs is 3. The molecule has 1 amide bonds. The number of carbonyl (C=O) groups excluding carboxylic acids is 3. The van der Waals surface area contributed by atoms with Crippen LogP contribution < -0.4 is 15.2 Å². The van der Waals surface area contributed by atoms with Crippen molar-refractivity contribution in [1.82, 2.24) is 4.90 Å². The molecule has 0 fully saturated rings. The number of ketones is 2. The Morgan fingerprint density at radius 2 is 1.75 bits per heavy atom. The molecule has 2 aromatic carbocycles. The third-order valence-electron chi connectivity index (χ3n) is 8.30. The summed E-state index contributed by atoms with van der Waals surface area (Å²) in [5.74, 6) is -5.91. The fraction of sp³-hybridized carbons (Fsp3) is 0.345. The van der Waals surface area contributed by atoms with Gasteiger partial charge in [-0.15, -0.1) is 0 Å². The smallest absolute Gasteiger partial charge is 0.255 e. The molecule has 0 radical (unpaired) electrons. The number of phenols is 1. The summed E-state index contributed by atoms with van der Waals surface area (Å²) in [5, 5.41) is 44.9. The number of carbonyl (C=O) groups is 3. The van der Waals surface area contributed by atoms with Crippen molar-refractivity contribution in [2.45, 2.75) is 24.5 Å². The van der Waals surface area contributed by atoms with Crippen molar-refractivity contribution in [3.63, 3.8) is 0 Å². The van der Waals surface area contributed by atoms with E-state index in [0.717, 1.165) is 0 Å². The summed E-state index contributed by atoms with van der Waals surface area (Å²) < 4.78 is 10.9. The van der Waals surface area contributed by atoms with Gasteiger partial charge in [-0.2, -0.15) is 0 Å². The molecule has 11 nitrogen and oxygen atoms in total. The van der Waals surface area contributed by atoms with Crippen LogP contribution in [0.4, 0.5) is 0 Å². The van der Waals surface area contributed by atoms with Crippen molar-refractivity contribution in [3.05, 3.63) is 64.1 Å². The van der Waals surface area contributed by atoms with Crippen LogP contribution in [0, 0.1) is 11.8 Å². The summed E-state index contributed by atoms with van der Waals surface area (Å²) in [6, 6.07) is 7.14. The summed E-state index contributed by atoms with van der Waals surface area (Å²) in [4.78, 5) is 41.0. The van der Waals surface area contributed by atoms with E-state index in [0.29, 0.717) is 28.2 Å². The number of hydrogen-bond donors (Lipinski definition) is 5. The van der Waals surface area contributed by atoms with Gasteiger partial charge in [-0.1, -0.05) is 6.07 Å². The van der Waals surface area contributed by atoms with Crippen molar-refractivity contribution in [2.24, 2.45) is 17.6 Å². The van der Waals surface area contributed by atoms with Crippen LogP contribution in [0.3, 0.4) is 0 Å². The summed E-state index contributed by atoms with van der Waals surface area (Å²) in [7, 11) is 6.19. The number of rotatable bonds is 5. The van der Waals surface area contributed by atoms with Gasteiger partial charge in [-0.3, -0.25) is 19.3 Å². The van der Waals surface area contributed by atoms with Crippen molar-refractivity contribution in [2.75, 3.05) is 28.3 Å². The lowest BCUT2D eigenvalue weighted by Gasteiger charge is -2.50. The molecule has 0 unspecified atom stereocenters. The molecule has 11 heteroatoms. The molecule has 0 heterocycles. The largest absolute Gasteiger partial charge is 0.510 e. The number of aromatic hydroxyl groups is 1. The van der Waals surface area contributed by atoms with Crippen LogP contribution in [0.15, 0.2) is 53.0 Å². The third-order valence-corrected chi connectivity index (χ3v) is 8.30. The van der Waals surface area contributed by atoms with Gasteiger partial charge >= 0.3 is 0 Å². The molecule has 0 saturated carbocycles. The highest BCUT2D eigenvalue weighted by molar-refractivity contribution is 6.25. The van der Waals surface area contributed by atoms with E-state index >= 15 is 0 Å². The average molecular weight is 551 g/mol. The van der Waals surface area contributed by atoms with Gasteiger partial charge in [-0.25, -0.2) is 0 Å². The molecular weight excluding hydrogens is 520 g/mol. The topological polar surface area (TPSA) is 180 Å². The third kappa shape index (κ3) is 3.61. The Hall–Kier alpha value is -4.35. The monoisotopic (exact) mass is 550 g/mol. The molecule has 3 aliphatic rings. The van der Waals surface area contributed by atoms with E-state index in [2.05, 4.69) is 0 Å². The maximum absolute atomic E-state index is 13.9. The van der Waals surface area contributed by atoms with E-state index in [1.165, 1.54) is 25.2 Å². The number of aliphatic hydroxyl groups excluding tert-OH is 2. The number of aliphatic hydroxyl groups is 3. The minimum absolute atomic E-state index is 0.00387. The maximum Gasteiger partial charge on any atom is 0.255 e. The zero-order valence-electron chi connectivity index (χ0n) is 22.4. The fourth-order valence-electron chi connectivity index (χ4n) is 6.53. The molecule has 2 aromatic rings. The van der Waals surface area contributed by atoms with Gasteiger partial charge < -0.3 is 35.6 Å². The van der Waals surface area contributed by atoms with Crippen LogP contribution in [-0.2, 0) is 16.0 Å². The van der Waals surface area contributed by atoms with Crippen LogP contribution in [0.2, 0.25) is 0 Å². The number of ether oxygens (including phenoxy) is 2. The number of hydrogen-bond acceptors (Lipinski definition) is 10. The van der Waals surface area contributed by atoms with Gasteiger partial charge in [0.25, 0.3) is 5.91 Å². The van der Waals surface area contributed by atoms with Crippen LogP contribution in [0.25, 0.3) is 11.1 Å². The van der Waals surface area contributed by atoms with Gasteiger partial charge in [0.1, 0.15) is 34.3 Å². The van der Waals surface area contributed by atoms with Crippen LogP contribution in [0.1, 0.15) is 22.3 Å². The Morgan fingerprint density at radius 3 is 2.35 bits per heavy atom. The first-order valence-corrected chi connectivity index (χ1v) is 12.6. The Bertz CT molecular complexity index is 1540. The highest BCUT2D eigenvalue weighted by Gasteiger charge is 2.63. The van der Waals surface area contributed by atoms with Crippen LogP contribution in [0.5, 0.6) is 17.2 Å². The lowest BCUT2D eigenvalue weighted by atomic mass is 9.58. The van der Waals surface area contributed by atoms with E-state index in [1.54, 1.807) is 38.4 Å². The number of amides is 1. The van der Waals surface area contributed by atoms with Crippen molar-refractivity contribution >= 4 is 17.5 Å². The lowest BCUT2D eigenvalue weighted by Crippen LogP contribution is -2.63. The number of allylic oxidation sites excluding steroid dienone is 1. The highest BCUT2D eigenvalue weighted by atomic mass is 16.5. The average Bonchev–Trinajstić information content (AvgIpc) is 2.90. The number of nitrogens with two attached hydrogens (primary N) is 1. The quantitative estimate of drug-likeness (QED) is 0.345. The van der Waals surface area contributed by atoms with Crippen molar-refractivity contribution in [3.8, 4) is 28.4 Å². The zero-order valence-corrected chi connectivity index (χ0v) is 22.4. The normalized spacial score (nSPS) is 25.9. The SMILES string of the molecule is COc1ccc(OC)c(-c2ccc(O)c3c2C[C@H]2C[C@H]4[C@@H](N(C)C)C(O)=C(C(N)=O)C(=O)[C@@]4(O)C(O)=C2C3=O)c1. The van der Waals surface area contributed by atoms with Gasteiger partial charge in [0.05, 0.1) is 25.8 Å². The Labute approximate surface area is 229 Å². The number of benzene rings is 2. The summed E-state index contributed by atoms with van der Waals surface area (Å²) >= 11 is 0. The van der Waals surface area contributed by atoms with E-state index in [1.807, 2.05) is 0 Å². The van der Waals surface area contributed by atoms with Gasteiger partial charge in [-0.05, 0) is 68.2 Å². The minimum atomic E-state index is -2.69. The first-order chi connectivity index (χ1) is 18.9. The molecule has 210 valence electrons. The maximum atomic E-state index is 13.9. The molecule has 6 N–H and O–H groups in total. The zero-order chi connectivity index (χ0) is 29.3. The van der Waals surface area contributed by atoms with E-state index in [9.17, 15) is 34.8 Å².